The average Bonchev–Trinajstić information content (AvgIpc) is 3.18. The first-order valence-corrected chi connectivity index (χ1v) is 11.3. The zero-order valence-corrected chi connectivity index (χ0v) is 18.7. The number of hydrogen-bond donors (Lipinski definition) is 0. The number of para-hydroxylation sites is 1. The number of hydrogen-bond acceptors (Lipinski definition) is 2. The number of benzene rings is 4. The van der Waals surface area contributed by atoms with Gasteiger partial charge in [-0.1, -0.05) is 101 Å². The summed E-state index contributed by atoms with van der Waals surface area (Å²) in [5, 5.41) is 2.41. The van der Waals surface area contributed by atoms with E-state index in [0.29, 0.717) is 0 Å². The summed E-state index contributed by atoms with van der Waals surface area (Å²) in [4.78, 5) is 9.85. The lowest BCUT2D eigenvalue weighted by atomic mass is 10.1. The van der Waals surface area contributed by atoms with Crippen molar-refractivity contribution in [1.29, 1.82) is 0 Å². The van der Waals surface area contributed by atoms with E-state index in [1.807, 2.05) is 54.7 Å². The van der Waals surface area contributed by atoms with Crippen LogP contribution in [0.2, 0.25) is 0 Å². The third kappa shape index (κ3) is 3.12. The molecule has 0 aliphatic rings. The van der Waals surface area contributed by atoms with E-state index >= 15 is 0 Å². The highest BCUT2D eigenvalue weighted by Crippen LogP contribution is 2.36. The van der Waals surface area contributed by atoms with Crippen LogP contribution in [0, 0.1) is 0 Å². The molecule has 0 radical (unpaired) electrons. The van der Waals surface area contributed by atoms with Gasteiger partial charge in [-0.25, -0.2) is 9.97 Å². The molecule has 32 heavy (non-hydrogen) atoms. The summed E-state index contributed by atoms with van der Waals surface area (Å²) >= 11 is 3.66. The molecule has 4 heteroatoms. The first-order chi connectivity index (χ1) is 15.8. The summed E-state index contributed by atoms with van der Waals surface area (Å²) in [5.41, 5.74) is 6.18. The molecule has 3 nitrogen and oxygen atoms in total. The van der Waals surface area contributed by atoms with Gasteiger partial charge in [-0.2, -0.15) is 0 Å². The quantitative estimate of drug-likeness (QED) is 0.262. The molecule has 0 unspecified atom stereocenters. The first kappa shape index (κ1) is 19.0. The van der Waals surface area contributed by atoms with Crippen molar-refractivity contribution < 1.29 is 0 Å². The summed E-state index contributed by atoms with van der Waals surface area (Å²) in [7, 11) is 0. The van der Waals surface area contributed by atoms with E-state index < -0.39 is 0 Å². The van der Waals surface area contributed by atoms with Gasteiger partial charge in [-0.05, 0) is 18.2 Å². The minimum atomic E-state index is 0.718. The maximum atomic E-state index is 5.06. The van der Waals surface area contributed by atoms with Crippen molar-refractivity contribution in [3.05, 3.63) is 114 Å². The monoisotopic (exact) mass is 475 g/mol. The van der Waals surface area contributed by atoms with E-state index in [4.69, 9.17) is 9.97 Å². The molecule has 0 atom stereocenters. The minimum absolute atomic E-state index is 0.718. The Labute approximate surface area is 194 Å². The molecule has 2 heterocycles. The summed E-state index contributed by atoms with van der Waals surface area (Å²) < 4.78 is 3.31. The molecule has 4 aromatic carbocycles. The van der Waals surface area contributed by atoms with Crippen molar-refractivity contribution in [2.45, 2.75) is 0 Å². The van der Waals surface area contributed by atoms with Gasteiger partial charge < -0.3 is 4.57 Å². The van der Waals surface area contributed by atoms with Gasteiger partial charge in [0.15, 0.2) is 5.82 Å². The van der Waals surface area contributed by atoms with E-state index in [0.717, 1.165) is 43.8 Å². The topological polar surface area (TPSA) is 30.7 Å². The van der Waals surface area contributed by atoms with Crippen LogP contribution < -0.4 is 0 Å². The normalized spacial score (nSPS) is 11.3. The number of halogens is 1. The van der Waals surface area contributed by atoms with E-state index in [1.165, 1.54) is 10.8 Å². The molecule has 6 aromatic rings. The zero-order valence-electron chi connectivity index (χ0n) is 17.1. The Morgan fingerprint density at radius 1 is 0.625 bits per heavy atom. The van der Waals surface area contributed by atoms with Crippen LogP contribution in [0.1, 0.15) is 0 Å². The van der Waals surface area contributed by atoms with Gasteiger partial charge in [-0.15, -0.1) is 0 Å². The van der Waals surface area contributed by atoms with Crippen molar-refractivity contribution in [3.8, 4) is 28.3 Å². The third-order valence-electron chi connectivity index (χ3n) is 5.73. The summed E-state index contributed by atoms with van der Waals surface area (Å²) in [6.07, 6.45) is 1.95. The minimum Gasteiger partial charge on any atom is -0.306 e. The van der Waals surface area contributed by atoms with Crippen molar-refractivity contribution in [3.63, 3.8) is 0 Å². The van der Waals surface area contributed by atoms with Gasteiger partial charge >= 0.3 is 0 Å². The maximum absolute atomic E-state index is 5.06. The maximum Gasteiger partial charge on any atom is 0.159 e. The zero-order chi connectivity index (χ0) is 21.5. The number of rotatable bonds is 3. The van der Waals surface area contributed by atoms with E-state index in [-0.39, 0.29) is 0 Å². The molecule has 0 spiro atoms. The van der Waals surface area contributed by atoms with Crippen LogP contribution in [0.5, 0.6) is 0 Å². The fourth-order valence-electron chi connectivity index (χ4n) is 4.28. The SMILES string of the molecule is Brc1ccc2c3ccccc3n(-c3cnc(-c4ccccc4)nc3-c3ccccc3)c2c1. The lowest BCUT2D eigenvalue weighted by Gasteiger charge is -2.14. The Morgan fingerprint density at radius 2 is 1.28 bits per heavy atom. The van der Waals surface area contributed by atoms with Crippen molar-refractivity contribution in [2.75, 3.05) is 0 Å². The number of aromatic nitrogens is 3. The fourth-order valence-corrected chi connectivity index (χ4v) is 4.63. The van der Waals surface area contributed by atoms with Crippen molar-refractivity contribution in [2.24, 2.45) is 0 Å². The van der Waals surface area contributed by atoms with Gasteiger partial charge in [0.1, 0.15) is 0 Å². The molecule has 0 fully saturated rings. The molecular weight excluding hydrogens is 458 g/mol. The standard InChI is InChI=1S/C28H18BrN3/c29-21-15-16-23-22-13-7-8-14-24(22)32(25(23)17-21)26-18-30-28(20-11-5-2-6-12-20)31-27(26)19-9-3-1-4-10-19/h1-18H. The van der Waals surface area contributed by atoms with Gasteiger partial charge in [0, 0.05) is 26.4 Å². The molecule has 0 N–H and O–H groups in total. The average molecular weight is 476 g/mol. The summed E-state index contributed by atoms with van der Waals surface area (Å²) in [6.45, 7) is 0. The number of nitrogens with zero attached hydrogens (tertiary/aromatic N) is 3. The molecule has 6 rings (SSSR count). The first-order valence-electron chi connectivity index (χ1n) is 10.5. The second-order valence-electron chi connectivity index (χ2n) is 7.67. The van der Waals surface area contributed by atoms with Crippen LogP contribution in [0.15, 0.2) is 114 Å². The predicted molar refractivity (Wildman–Crippen MR) is 135 cm³/mol. The molecular formula is C28H18BrN3. The Morgan fingerprint density at radius 3 is 2.06 bits per heavy atom. The van der Waals surface area contributed by atoms with Gasteiger partial charge in [0.05, 0.1) is 28.6 Å². The molecule has 0 amide bonds. The highest BCUT2D eigenvalue weighted by Gasteiger charge is 2.18. The lowest BCUT2D eigenvalue weighted by Crippen LogP contribution is -2.02. The molecule has 0 bridgehead atoms. The summed E-state index contributed by atoms with van der Waals surface area (Å²) in [5.74, 6) is 0.718. The fraction of sp³-hybridized carbons (Fsp3) is 0. The van der Waals surface area contributed by atoms with Crippen molar-refractivity contribution >= 4 is 37.7 Å². The van der Waals surface area contributed by atoms with Gasteiger partial charge in [-0.3, -0.25) is 0 Å². The third-order valence-corrected chi connectivity index (χ3v) is 6.22. The highest BCUT2D eigenvalue weighted by molar-refractivity contribution is 9.10. The molecule has 2 aromatic heterocycles. The molecule has 152 valence electrons. The Kier molecular flexibility index (Phi) is 4.58. The predicted octanol–water partition coefficient (Wildman–Crippen LogP) is 7.67. The molecule has 0 aliphatic heterocycles. The molecule has 0 saturated carbocycles. The molecule has 0 aliphatic carbocycles. The van der Waals surface area contributed by atoms with Crippen molar-refractivity contribution in [1.82, 2.24) is 14.5 Å². The smallest absolute Gasteiger partial charge is 0.159 e. The van der Waals surface area contributed by atoms with Crippen LogP contribution >= 0.6 is 15.9 Å². The highest BCUT2D eigenvalue weighted by atomic mass is 79.9. The van der Waals surface area contributed by atoms with Gasteiger partial charge in [0.25, 0.3) is 0 Å². The summed E-state index contributed by atoms with van der Waals surface area (Å²) in [6, 6.07) is 35.4. The number of fused-ring (bicyclic) bond motifs is 3. The largest absolute Gasteiger partial charge is 0.306 e. The van der Waals surface area contributed by atoms with E-state index in [9.17, 15) is 0 Å². The second-order valence-corrected chi connectivity index (χ2v) is 8.59. The van der Waals surface area contributed by atoms with E-state index in [1.54, 1.807) is 0 Å². The molecule has 0 saturated heterocycles. The lowest BCUT2D eigenvalue weighted by molar-refractivity contribution is 1.09. The van der Waals surface area contributed by atoms with Crippen LogP contribution in [-0.2, 0) is 0 Å². The van der Waals surface area contributed by atoms with Crippen LogP contribution in [0.4, 0.5) is 0 Å². The van der Waals surface area contributed by atoms with Crippen LogP contribution in [0.25, 0.3) is 50.1 Å². The van der Waals surface area contributed by atoms with Crippen LogP contribution in [-0.4, -0.2) is 14.5 Å². The Balaban J connectivity index is 1.71. The van der Waals surface area contributed by atoms with Crippen LogP contribution in [0.3, 0.4) is 0 Å². The Bertz CT molecular complexity index is 1570. The van der Waals surface area contributed by atoms with Gasteiger partial charge in [0.2, 0.25) is 0 Å². The van der Waals surface area contributed by atoms with E-state index in [2.05, 4.69) is 75.1 Å². The second kappa shape index (κ2) is 7.74. The Hall–Kier alpha value is -3.76.